The number of thioether (sulfide) groups is 1. The first-order chi connectivity index (χ1) is 14.3. The van der Waals surface area contributed by atoms with Crippen molar-refractivity contribution in [1.82, 2.24) is 0 Å². The standard InChI is InChI=1S/C20H14Cl2N2O5S/c21-13-5-2-6-14(19(13)22)24-17(26)10-15(20(24)29)30-12-4-1-3-11(9-12)23-16(25)7-8-18(27)28/h1-9,15H,10H2,(H,23,25)(H,27,28)/b8-7+/t15-/m1/s1. The number of carbonyl (C=O) groups is 4. The van der Waals surface area contributed by atoms with Crippen molar-refractivity contribution in [3.8, 4) is 0 Å². The van der Waals surface area contributed by atoms with Crippen LogP contribution in [0.5, 0.6) is 0 Å². The monoisotopic (exact) mass is 464 g/mol. The molecule has 0 bridgehead atoms. The van der Waals surface area contributed by atoms with Gasteiger partial charge in [0.15, 0.2) is 0 Å². The highest BCUT2D eigenvalue weighted by molar-refractivity contribution is 8.00. The van der Waals surface area contributed by atoms with Gasteiger partial charge in [0.1, 0.15) is 0 Å². The molecule has 2 aromatic carbocycles. The van der Waals surface area contributed by atoms with Crippen LogP contribution in [-0.4, -0.2) is 34.0 Å². The Hall–Kier alpha value is -2.81. The van der Waals surface area contributed by atoms with Crippen molar-refractivity contribution in [2.75, 3.05) is 10.2 Å². The maximum atomic E-state index is 12.8. The highest BCUT2D eigenvalue weighted by Crippen LogP contribution is 2.39. The van der Waals surface area contributed by atoms with Crippen molar-refractivity contribution in [3.63, 3.8) is 0 Å². The molecule has 10 heteroatoms. The van der Waals surface area contributed by atoms with Gasteiger partial charge in [0.05, 0.1) is 21.0 Å². The third-order valence-electron chi connectivity index (χ3n) is 4.03. The van der Waals surface area contributed by atoms with E-state index in [1.807, 2.05) is 0 Å². The highest BCUT2D eigenvalue weighted by Gasteiger charge is 2.41. The van der Waals surface area contributed by atoms with Gasteiger partial charge in [0, 0.05) is 29.2 Å². The van der Waals surface area contributed by atoms with E-state index >= 15 is 0 Å². The van der Waals surface area contributed by atoms with E-state index in [4.69, 9.17) is 28.3 Å². The van der Waals surface area contributed by atoms with Crippen LogP contribution in [0.3, 0.4) is 0 Å². The van der Waals surface area contributed by atoms with E-state index in [2.05, 4.69) is 5.32 Å². The van der Waals surface area contributed by atoms with Crippen molar-refractivity contribution in [2.24, 2.45) is 0 Å². The first-order valence-electron chi connectivity index (χ1n) is 8.56. The molecule has 1 saturated heterocycles. The number of imide groups is 1. The molecule has 0 spiro atoms. The summed E-state index contributed by atoms with van der Waals surface area (Å²) >= 11 is 13.3. The normalized spacial score (nSPS) is 16.3. The Morgan fingerprint density at radius 2 is 1.87 bits per heavy atom. The average Bonchev–Trinajstić information content (AvgIpc) is 2.96. The molecular formula is C20H14Cl2N2O5S. The lowest BCUT2D eigenvalue weighted by Crippen LogP contribution is -2.31. The number of anilines is 2. The van der Waals surface area contributed by atoms with Gasteiger partial charge in [-0.2, -0.15) is 0 Å². The molecule has 0 saturated carbocycles. The van der Waals surface area contributed by atoms with Gasteiger partial charge in [-0.1, -0.05) is 35.3 Å². The minimum atomic E-state index is -1.23. The van der Waals surface area contributed by atoms with E-state index < -0.39 is 23.0 Å². The lowest BCUT2D eigenvalue weighted by atomic mass is 10.3. The second-order valence-electron chi connectivity index (χ2n) is 6.14. The minimum absolute atomic E-state index is 0.00964. The van der Waals surface area contributed by atoms with Gasteiger partial charge >= 0.3 is 5.97 Å². The van der Waals surface area contributed by atoms with Crippen LogP contribution in [0.2, 0.25) is 10.0 Å². The summed E-state index contributed by atoms with van der Waals surface area (Å²) < 4.78 is 0. The third kappa shape index (κ3) is 5.02. The average molecular weight is 465 g/mol. The zero-order valence-corrected chi connectivity index (χ0v) is 17.5. The van der Waals surface area contributed by atoms with Crippen LogP contribution >= 0.6 is 35.0 Å². The Balaban J connectivity index is 1.73. The predicted octanol–water partition coefficient (Wildman–Crippen LogP) is 4.00. The molecule has 1 fully saturated rings. The van der Waals surface area contributed by atoms with Crippen LogP contribution in [0.25, 0.3) is 0 Å². The number of hydrogen-bond donors (Lipinski definition) is 2. The first-order valence-corrected chi connectivity index (χ1v) is 10.2. The summed E-state index contributed by atoms with van der Waals surface area (Å²) in [5.41, 5.74) is 0.667. The molecule has 0 unspecified atom stereocenters. The molecule has 30 heavy (non-hydrogen) atoms. The van der Waals surface area contributed by atoms with E-state index in [0.29, 0.717) is 10.6 Å². The fourth-order valence-electron chi connectivity index (χ4n) is 2.76. The number of benzene rings is 2. The van der Waals surface area contributed by atoms with Crippen LogP contribution in [0.15, 0.2) is 59.5 Å². The van der Waals surface area contributed by atoms with E-state index in [0.717, 1.165) is 17.1 Å². The topological polar surface area (TPSA) is 104 Å². The molecule has 0 aliphatic carbocycles. The van der Waals surface area contributed by atoms with Crippen LogP contribution in [0.1, 0.15) is 6.42 Å². The molecule has 2 N–H and O–H groups in total. The summed E-state index contributed by atoms with van der Waals surface area (Å²) in [4.78, 5) is 49.2. The SMILES string of the molecule is O=C(O)/C=C/C(=O)Nc1cccc(S[C@@H]2CC(=O)N(c3cccc(Cl)c3Cl)C2=O)c1. The molecular weight excluding hydrogens is 451 g/mol. The van der Waals surface area contributed by atoms with Crippen LogP contribution < -0.4 is 10.2 Å². The van der Waals surface area contributed by atoms with Crippen molar-refractivity contribution < 1.29 is 24.3 Å². The van der Waals surface area contributed by atoms with Gasteiger partial charge in [0.25, 0.3) is 0 Å². The zero-order valence-electron chi connectivity index (χ0n) is 15.2. The summed E-state index contributed by atoms with van der Waals surface area (Å²) in [5.74, 6) is -2.63. The molecule has 3 amide bonds. The molecule has 0 radical (unpaired) electrons. The van der Waals surface area contributed by atoms with Gasteiger partial charge in [0.2, 0.25) is 17.7 Å². The number of nitrogens with one attached hydrogen (secondary N) is 1. The van der Waals surface area contributed by atoms with Crippen molar-refractivity contribution in [1.29, 1.82) is 0 Å². The number of hydrogen-bond acceptors (Lipinski definition) is 5. The fourth-order valence-corrected chi connectivity index (χ4v) is 4.25. The lowest BCUT2D eigenvalue weighted by molar-refractivity contribution is -0.131. The quantitative estimate of drug-likeness (QED) is 0.494. The Bertz CT molecular complexity index is 1070. The van der Waals surface area contributed by atoms with Gasteiger partial charge < -0.3 is 10.4 Å². The number of carboxylic acid groups (broad SMARTS) is 1. The van der Waals surface area contributed by atoms with Crippen LogP contribution in [0, 0.1) is 0 Å². The number of carbonyl (C=O) groups excluding carboxylic acids is 3. The third-order valence-corrected chi connectivity index (χ3v) is 6.02. The summed E-state index contributed by atoms with van der Waals surface area (Å²) in [6, 6.07) is 11.4. The number of aliphatic carboxylic acids is 1. The number of carboxylic acids is 1. The molecule has 2 aromatic rings. The van der Waals surface area contributed by atoms with Crippen LogP contribution in [0.4, 0.5) is 11.4 Å². The Morgan fingerprint density at radius 3 is 2.60 bits per heavy atom. The Morgan fingerprint density at radius 1 is 1.13 bits per heavy atom. The number of halogens is 2. The van der Waals surface area contributed by atoms with Crippen molar-refractivity contribution in [3.05, 3.63) is 64.7 Å². The van der Waals surface area contributed by atoms with Crippen molar-refractivity contribution >= 4 is 70.0 Å². The Kier molecular flexibility index (Phi) is 6.81. The first kappa shape index (κ1) is 21.9. The van der Waals surface area contributed by atoms with E-state index in [9.17, 15) is 19.2 Å². The number of nitrogens with zero attached hydrogens (tertiary/aromatic N) is 1. The summed E-state index contributed by atoms with van der Waals surface area (Å²) in [6.07, 6.45) is 1.62. The smallest absolute Gasteiger partial charge is 0.328 e. The van der Waals surface area contributed by atoms with Gasteiger partial charge in [-0.15, -0.1) is 11.8 Å². The molecule has 7 nitrogen and oxygen atoms in total. The zero-order chi connectivity index (χ0) is 21.8. The maximum absolute atomic E-state index is 12.8. The highest BCUT2D eigenvalue weighted by atomic mass is 35.5. The largest absolute Gasteiger partial charge is 0.478 e. The lowest BCUT2D eigenvalue weighted by Gasteiger charge is -2.17. The summed E-state index contributed by atoms with van der Waals surface area (Å²) in [5, 5.41) is 10.8. The Labute approximate surface area is 185 Å². The van der Waals surface area contributed by atoms with Crippen LogP contribution in [-0.2, 0) is 19.2 Å². The fraction of sp³-hybridized carbons (Fsp3) is 0.100. The summed E-state index contributed by atoms with van der Waals surface area (Å²) in [6.45, 7) is 0. The minimum Gasteiger partial charge on any atom is -0.478 e. The summed E-state index contributed by atoms with van der Waals surface area (Å²) in [7, 11) is 0. The molecule has 1 aliphatic rings. The number of amides is 3. The second kappa shape index (κ2) is 9.34. The molecule has 0 aromatic heterocycles. The molecule has 154 valence electrons. The van der Waals surface area contributed by atoms with E-state index in [1.165, 1.54) is 11.8 Å². The van der Waals surface area contributed by atoms with Gasteiger partial charge in [-0.25, -0.2) is 9.69 Å². The molecule has 1 atom stereocenters. The van der Waals surface area contributed by atoms with Gasteiger partial charge in [-0.05, 0) is 30.3 Å². The predicted molar refractivity (Wildman–Crippen MR) is 115 cm³/mol. The maximum Gasteiger partial charge on any atom is 0.328 e. The van der Waals surface area contributed by atoms with E-state index in [-0.39, 0.29) is 28.1 Å². The molecule has 3 rings (SSSR count). The molecule has 1 heterocycles. The number of rotatable bonds is 6. The van der Waals surface area contributed by atoms with Crippen molar-refractivity contribution in [2.45, 2.75) is 16.6 Å². The van der Waals surface area contributed by atoms with Gasteiger partial charge in [-0.3, -0.25) is 14.4 Å². The second-order valence-corrected chi connectivity index (χ2v) is 8.20. The molecule has 1 aliphatic heterocycles. The van der Waals surface area contributed by atoms with E-state index in [1.54, 1.807) is 42.5 Å².